The first-order valence-electron chi connectivity index (χ1n) is 9.24. The Kier molecular flexibility index (Phi) is 6.83. The fourth-order valence-corrected chi connectivity index (χ4v) is 3.37. The predicted octanol–water partition coefficient (Wildman–Crippen LogP) is 3.04. The van der Waals surface area contributed by atoms with Crippen LogP contribution in [0, 0.1) is 6.92 Å². The smallest absolute Gasteiger partial charge is 0.314 e. The van der Waals surface area contributed by atoms with Gasteiger partial charge in [0.15, 0.2) is 0 Å². The molecule has 30 heavy (non-hydrogen) atoms. The van der Waals surface area contributed by atoms with E-state index in [0.29, 0.717) is 17.8 Å². The molecule has 8 nitrogen and oxygen atoms in total. The average molecular weight is 437 g/mol. The minimum Gasteiger partial charge on any atom is -0.415 e. The van der Waals surface area contributed by atoms with Gasteiger partial charge in [0.1, 0.15) is 5.82 Å². The molecule has 160 valence electrons. The van der Waals surface area contributed by atoms with Crippen LogP contribution in [0.3, 0.4) is 0 Å². The molecule has 1 atom stereocenters. The number of rotatable bonds is 9. The third kappa shape index (κ3) is 5.63. The first-order chi connectivity index (χ1) is 14.3. The van der Waals surface area contributed by atoms with Crippen molar-refractivity contribution < 1.29 is 21.6 Å². The van der Waals surface area contributed by atoms with E-state index in [1.54, 1.807) is 6.92 Å². The van der Waals surface area contributed by atoms with Gasteiger partial charge >= 0.3 is 6.43 Å². The number of hydrogen-bond acceptors (Lipinski definition) is 7. The summed E-state index contributed by atoms with van der Waals surface area (Å²) < 4.78 is 56.4. The Morgan fingerprint density at radius 2 is 1.77 bits per heavy atom. The van der Waals surface area contributed by atoms with Crippen LogP contribution in [0.2, 0.25) is 0 Å². The van der Waals surface area contributed by atoms with Crippen molar-refractivity contribution in [1.82, 2.24) is 24.9 Å². The summed E-state index contributed by atoms with van der Waals surface area (Å²) in [7, 11) is -3.35. The highest BCUT2D eigenvalue weighted by atomic mass is 32.2. The van der Waals surface area contributed by atoms with Gasteiger partial charge < -0.3 is 4.42 Å². The summed E-state index contributed by atoms with van der Waals surface area (Å²) >= 11 is 0. The van der Waals surface area contributed by atoms with E-state index in [2.05, 4.69) is 24.9 Å². The van der Waals surface area contributed by atoms with Gasteiger partial charge in [0.2, 0.25) is 10.0 Å². The van der Waals surface area contributed by atoms with Crippen LogP contribution in [0.4, 0.5) is 8.78 Å². The summed E-state index contributed by atoms with van der Waals surface area (Å²) in [4.78, 5) is 8.51. The maximum Gasteiger partial charge on any atom is 0.314 e. The molecule has 0 fully saturated rings. The zero-order valence-electron chi connectivity index (χ0n) is 16.4. The lowest BCUT2D eigenvalue weighted by molar-refractivity contribution is 0.116. The Hall–Kier alpha value is -2.79. The van der Waals surface area contributed by atoms with Crippen molar-refractivity contribution in [3.63, 3.8) is 0 Å². The second-order valence-electron chi connectivity index (χ2n) is 6.70. The molecule has 1 N–H and O–H groups in total. The molecular weight excluding hydrogens is 416 g/mol. The van der Waals surface area contributed by atoms with E-state index in [1.165, 1.54) is 12.4 Å². The summed E-state index contributed by atoms with van der Waals surface area (Å²) in [6.45, 7) is 3.74. The molecule has 0 spiro atoms. The molecule has 2 aromatic heterocycles. The Bertz CT molecular complexity index is 1070. The van der Waals surface area contributed by atoms with Crippen LogP contribution in [0.1, 0.15) is 42.1 Å². The first-order valence-corrected chi connectivity index (χ1v) is 10.9. The molecular formula is C19H21F2N5O3S. The van der Waals surface area contributed by atoms with E-state index < -0.39 is 22.3 Å². The standard InChI is InChI=1S/C19H21F2N5O3S/c1-3-30(27,28)24-11-14(13-6-4-12(2)5-7-13)8-16-22-9-15(10-23-16)18-25-26-19(29-18)17(20)21/h4-7,9-10,14,17,24H,3,8,11H2,1-2H3. The molecule has 0 bridgehead atoms. The van der Waals surface area contributed by atoms with Crippen molar-refractivity contribution >= 4 is 10.0 Å². The lowest BCUT2D eigenvalue weighted by Gasteiger charge is -2.17. The van der Waals surface area contributed by atoms with Crippen LogP contribution in [0.15, 0.2) is 41.1 Å². The molecule has 3 rings (SSSR count). The summed E-state index contributed by atoms with van der Waals surface area (Å²) in [5.74, 6) is -0.594. The molecule has 1 aromatic carbocycles. The number of halogens is 2. The van der Waals surface area contributed by atoms with Gasteiger partial charge in [0.25, 0.3) is 11.8 Å². The van der Waals surface area contributed by atoms with E-state index in [-0.39, 0.29) is 24.1 Å². The van der Waals surface area contributed by atoms with Gasteiger partial charge in [0.05, 0.1) is 11.3 Å². The molecule has 11 heteroatoms. The molecule has 3 aromatic rings. The van der Waals surface area contributed by atoms with E-state index in [9.17, 15) is 17.2 Å². The monoisotopic (exact) mass is 437 g/mol. The highest BCUT2D eigenvalue weighted by molar-refractivity contribution is 7.89. The number of nitrogens with one attached hydrogen (secondary N) is 1. The minimum absolute atomic E-state index is 0.0103. The Balaban J connectivity index is 1.78. The van der Waals surface area contributed by atoms with Crippen molar-refractivity contribution in [3.8, 4) is 11.5 Å². The van der Waals surface area contributed by atoms with Gasteiger partial charge in [-0.05, 0) is 19.4 Å². The second kappa shape index (κ2) is 9.35. The van der Waals surface area contributed by atoms with Crippen molar-refractivity contribution in [3.05, 3.63) is 59.5 Å². The van der Waals surface area contributed by atoms with Crippen molar-refractivity contribution in [1.29, 1.82) is 0 Å². The van der Waals surface area contributed by atoms with Crippen LogP contribution in [-0.4, -0.2) is 40.9 Å². The predicted molar refractivity (Wildman–Crippen MR) is 105 cm³/mol. The maximum absolute atomic E-state index is 12.6. The van der Waals surface area contributed by atoms with Gasteiger partial charge in [-0.1, -0.05) is 29.8 Å². The average Bonchev–Trinajstić information content (AvgIpc) is 3.23. The van der Waals surface area contributed by atoms with Crippen molar-refractivity contribution in [2.45, 2.75) is 32.6 Å². The highest BCUT2D eigenvalue weighted by Gasteiger charge is 2.19. The second-order valence-corrected chi connectivity index (χ2v) is 8.79. The molecule has 0 aliphatic carbocycles. The van der Waals surface area contributed by atoms with E-state index >= 15 is 0 Å². The Labute approximate surface area is 172 Å². The Morgan fingerprint density at radius 3 is 2.33 bits per heavy atom. The van der Waals surface area contributed by atoms with Gasteiger partial charge in [-0.25, -0.2) is 23.1 Å². The molecule has 0 saturated carbocycles. The first kappa shape index (κ1) is 21.9. The zero-order chi connectivity index (χ0) is 21.7. The van der Waals surface area contributed by atoms with Crippen molar-refractivity contribution in [2.24, 2.45) is 0 Å². The van der Waals surface area contributed by atoms with Gasteiger partial charge in [-0.3, -0.25) is 0 Å². The molecule has 2 heterocycles. The maximum atomic E-state index is 12.6. The lowest BCUT2D eigenvalue weighted by Crippen LogP contribution is -2.30. The van der Waals surface area contributed by atoms with Crippen LogP contribution >= 0.6 is 0 Å². The SMILES string of the molecule is CCS(=O)(=O)NCC(Cc1ncc(-c2nnc(C(F)F)o2)cn1)c1ccc(C)cc1. The van der Waals surface area contributed by atoms with Crippen LogP contribution in [-0.2, 0) is 16.4 Å². The summed E-state index contributed by atoms with van der Waals surface area (Å²) in [6, 6.07) is 7.80. The van der Waals surface area contributed by atoms with Gasteiger partial charge in [0, 0.05) is 31.3 Å². The fraction of sp³-hybridized carbons (Fsp3) is 0.368. The van der Waals surface area contributed by atoms with Gasteiger partial charge in [-0.15, -0.1) is 10.2 Å². The molecule has 1 unspecified atom stereocenters. The van der Waals surface area contributed by atoms with Gasteiger partial charge in [-0.2, -0.15) is 8.78 Å². The summed E-state index contributed by atoms with van der Waals surface area (Å²) in [5.41, 5.74) is 2.36. The Morgan fingerprint density at radius 1 is 1.10 bits per heavy atom. The number of nitrogens with zero attached hydrogens (tertiary/aromatic N) is 4. The zero-order valence-corrected chi connectivity index (χ0v) is 17.2. The van der Waals surface area contributed by atoms with Crippen LogP contribution < -0.4 is 4.72 Å². The number of aromatic nitrogens is 4. The third-order valence-electron chi connectivity index (χ3n) is 4.49. The minimum atomic E-state index is -3.35. The number of benzene rings is 1. The number of aryl methyl sites for hydroxylation is 1. The fourth-order valence-electron chi connectivity index (χ4n) is 2.71. The van der Waals surface area contributed by atoms with Crippen molar-refractivity contribution in [2.75, 3.05) is 12.3 Å². The summed E-state index contributed by atoms with van der Waals surface area (Å²) in [6.07, 6.45) is 0.344. The lowest BCUT2D eigenvalue weighted by atomic mass is 9.94. The number of alkyl halides is 2. The molecule has 0 aliphatic heterocycles. The van der Waals surface area contributed by atoms with E-state index in [1.807, 2.05) is 31.2 Å². The van der Waals surface area contributed by atoms with E-state index in [0.717, 1.165) is 11.1 Å². The normalized spacial score (nSPS) is 13.0. The largest absolute Gasteiger partial charge is 0.415 e. The van der Waals surface area contributed by atoms with Crippen LogP contribution in [0.5, 0.6) is 0 Å². The molecule has 0 saturated heterocycles. The third-order valence-corrected chi connectivity index (χ3v) is 5.85. The highest BCUT2D eigenvalue weighted by Crippen LogP contribution is 2.23. The number of hydrogen-bond donors (Lipinski definition) is 1. The number of sulfonamides is 1. The molecule has 0 radical (unpaired) electrons. The van der Waals surface area contributed by atoms with E-state index in [4.69, 9.17) is 4.42 Å². The quantitative estimate of drug-likeness (QED) is 0.548. The molecule has 0 aliphatic rings. The van der Waals surface area contributed by atoms with Crippen LogP contribution in [0.25, 0.3) is 11.5 Å². The topological polar surface area (TPSA) is 111 Å². The molecule has 0 amide bonds. The summed E-state index contributed by atoms with van der Waals surface area (Å²) in [5, 5.41) is 6.84.